The van der Waals surface area contributed by atoms with E-state index in [1.54, 1.807) is 32.3 Å². The molecule has 0 radical (unpaired) electrons. The summed E-state index contributed by atoms with van der Waals surface area (Å²) in [4.78, 5) is 24.5. The van der Waals surface area contributed by atoms with Crippen LogP contribution >= 0.6 is 0 Å². The van der Waals surface area contributed by atoms with Crippen LogP contribution in [0.1, 0.15) is 13.3 Å². The molecular weight excluding hydrogens is 220 g/mol. The first kappa shape index (κ1) is 13.4. The molecule has 5 nitrogen and oxygen atoms in total. The lowest BCUT2D eigenvalue weighted by molar-refractivity contribution is -0.131. The molecule has 1 amide bonds. The van der Waals surface area contributed by atoms with Crippen molar-refractivity contribution in [3.8, 4) is 0 Å². The Hall–Kier alpha value is -1.62. The van der Waals surface area contributed by atoms with Gasteiger partial charge in [-0.2, -0.15) is 0 Å². The van der Waals surface area contributed by atoms with E-state index in [0.29, 0.717) is 13.1 Å². The molecule has 0 aliphatic carbocycles. The standard InChI is InChI=1S/C12H18N2O3/c1-10(15)9-13(2)11(16)6-8-14-7-4-3-5-12(14)17/h3-5,7,10,15H,6,8-9H2,1-2H3. The maximum Gasteiger partial charge on any atom is 0.250 e. The van der Waals surface area contributed by atoms with E-state index in [-0.39, 0.29) is 17.9 Å². The predicted molar refractivity (Wildman–Crippen MR) is 64.6 cm³/mol. The molecule has 0 spiro atoms. The van der Waals surface area contributed by atoms with Crippen LogP contribution in [0.15, 0.2) is 29.2 Å². The molecule has 5 heteroatoms. The highest BCUT2D eigenvalue weighted by atomic mass is 16.3. The van der Waals surface area contributed by atoms with Gasteiger partial charge in [-0.25, -0.2) is 0 Å². The van der Waals surface area contributed by atoms with Crippen molar-refractivity contribution in [1.29, 1.82) is 0 Å². The number of hydrogen-bond acceptors (Lipinski definition) is 3. The second-order valence-corrected chi connectivity index (χ2v) is 4.11. The molecule has 1 N–H and O–H groups in total. The zero-order chi connectivity index (χ0) is 12.8. The third-order valence-electron chi connectivity index (χ3n) is 2.43. The fourth-order valence-corrected chi connectivity index (χ4v) is 1.55. The van der Waals surface area contributed by atoms with Crippen molar-refractivity contribution in [2.75, 3.05) is 13.6 Å². The lowest BCUT2D eigenvalue weighted by atomic mass is 10.3. The summed E-state index contributed by atoms with van der Waals surface area (Å²) >= 11 is 0. The van der Waals surface area contributed by atoms with Crippen molar-refractivity contribution in [1.82, 2.24) is 9.47 Å². The molecule has 0 bridgehead atoms. The molecule has 0 saturated heterocycles. The number of aromatic nitrogens is 1. The van der Waals surface area contributed by atoms with Crippen molar-refractivity contribution in [3.63, 3.8) is 0 Å². The van der Waals surface area contributed by atoms with Crippen LogP contribution in [0.25, 0.3) is 0 Å². The Morgan fingerprint density at radius 1 is 1.53 bits per heavy atom. The van der Waals surface area contributed by atoms with Crippen LogP contribution in [-0.4, -0.2) is 40.2 Å². The van der Waals surface area contributed by atoms with Gasteiger partial charge in [0.05, 0.1) is 6.10 Å². The summed E-state index contributed by atoms with van der Waals surface area (Å²) in [6.07, 6.45) is 1.38. The van der Waals surface area contributed by atoms with Gasteiger partial charge in [-0.05, 0) is 13.0 Å². The number of aliphatic hydroxyl groups excluding tert-OH is 1. The summed E-state index contributed by atoms with van der Waals surface area (Å²) in [7, 11) is 1.64. The molecule has 0 aromatic carbocycles. The molecule has 1 aromatic heterocycles. The van der Waals surface area contributed by atoms with Crippen molar-refractivity contribution >= 4 is 5.91 Å². The lowest BCUT2D eigenvalue weighted by Crippen LogP contribution is -2.34. The van der Waals surface area contributed by atoms with Gasteiger partial charge in [-0.15, -0.1) is 0 Å². The van der Waals surface area contributed by atoms with E-state index in [0.717, 1.165) is 0 Å². The van der Waals surface area contributed by atoms with Gasteiger partial charge in [0.15, 0.2) is 0 Å². The summed E-state index contributed by atoms with van der Waals surface area (Å²) in [5.41, 5.74) is -0.113. The van der Waals surface area contributed by atoms with Crippen molar-refractivity contribution in [3.05, 3.63) is 34.7 Å². The first-order valence-electron chi connectivity index (χ1n) is 5.58. The van der Waals surface area contributed by atoms with Crippen molar-refractivity contribution in [2.45, 2.75) is 26.0 Å². The van der Waals surface area contributed by atoms with E-state index >= 15 is 0 Å². The molecule has 94 valence electrons. The fraction of sp³-hybridized carbons (Fsp3) is 0.500. The minimum atomic E-state index is -0.539. The number of nitrogens with zero attached hydrogens (tertiary/aromatic N) is 2. The Bertz CT molecular complexity index is 426. The lowest BCUT2D eigenvalue weighted by Gasteiger charge is -2.18. The molecular formula is C12H18N2O3. The number of carbonyl (C=O) groups is 1. The van der Waals surface area contributed by atoms with E-state index in [1.165, 1.54) is 15.5 Å². The number of likely N-dealkylation sites (N-methyl/N-ethyl adjacent to an activating group) is 1. The van der Waals surface area contributed by atoms with E-state index < -0.39 is 6.10 Å². The summed E-state index contributed by atoms with van der Waals surface area (Å²) in [6.45, 7) is 2.30. The van der Waals surface area contributed by atoms with Crippen LogP contribution in [-0.2, 0) is 11.3 Å². The minimum Gasteiger partial charge on any atom is -0.392 e. The maximum absolute atomic E-state index is 11.7. The average molecular weight is 238 g/mol. The molecule has 1 aromatic rings. The number of carbonyl (C=O) groups excluding carboxylic acids is 1. The predicted octanol–water partition coefficient (Wildman–Crippen LogP) is 0.0776. The minimum absolute atomic E-state index is 0.0818. The highest BCUT2D eigenvalue weighted by Crippen LogP contribution is 1.96. The summed E-state index contributed by atoms with van der Waals surface area (Å²) in [5, 5.41) is 9.15. The maximum atomic E-state index is 11.7. The normalized spacial score (nSPS) is 12.2. The summed E-state index contributed by atoms with van der Waals surface area (Å²) in [6, 6.07) is 4.88. The zero-order valence-corrected chi connectivity index (χ0v) is 10.2. The summed E-state index contributed by atoms with van der Waals surface area (Å²) < 4.78 is 1.49. The Morgan fingerprint density at radius 2 is 2.24 bits per heavy atom. The number of rotatable bonds is 5. The van der Waals surface area contributed by atoms with Crippen LogP contribution in [0, 0.1) is 0 Å². The van der Waals surface area contributed by atoms with Crippen LogP contribution in [0.5, 0.6) is 0 Å². The molecule has 1 unspecified atom stereocenters. The Labute approximate surface area is 100 Å². The van der Waals surface area contributed by atoms with Gasteiger partial charge < -0.3 is 14.6 Å². The first-order valence-corrected chi connectivity index (χ1v) is 5.58. The van der Waals surface area contributed by atoms with Gasteiger partial charge in [0, 0.05) is 38.8 Å². The largest absolute Gasteiger partial charge is 0.392 e. The molecule has 0 aliphatic heterocycles. The Kier molecular flexibility index (Phi) is 4.90. The number of aryl methyl sites for hydroxylation is 1. The highest BCUT2D eigenvalue weighted by molar-refractivity contribution is 5.75. The zero-order valence-electron chi connectivity index (χ0n) is 10.2. The third kappa shape index (κ3) is 4.40. The second kappa shape index (κ2) is 6.20. The topological polar surface area (TPSA) is 62.5 Å². The van der Waals surface area contributed by atoms with E-state index in [4.69, 9.17) is 5.11 Å². The van der Waals surface area contributed by atoms with E-state index in [9.17, 15) is 9.59 Å². The third-order valence-corrected chi connectivity index (χ3v) is 2.43. The van der Waals surface area contributed by atoms with Gasteiger partial charge in [0.1, 0.15) is 0 Å². The second-order valence-electron chi connectivity index (χ2n) is 4.11. The Balaban J connectivity index is 2.49. The quantitative estimate of drug-likeness (QED) is 0.790. The average Bonchev–Trinajstić information content (AvgIpc) is 2.26. The Morgan fingerprint density at radius 3 is 2.82 bits per heavy atom. The SMILES string of the molecule is CC(O)CN(C)C(=O)CCn1ccccc1=O. The van der Waals surface area contributed by atoms with Gasteiger partial charge in [0.25, 0.3) is 5.56 Å². The molecule has 1 atom stereocenters. The van der Waals surface area contributed by atoms with Crippen molar-refractivity contribution in [2.24, 2.45) is 0 Å². The molecule has 1 heterocycles. The number of amides is 1. The van der Waals surface area contributed by atoms with Gasteiger partial charge in [-0.1, -0.05) is 6.07 Å². The van der Waals surface area contributed by atoms with Crippen LogP contribution in [0.4, 0.5) is 0 Å². The van der Waals surface area contributed by atoms with Gasteiger partial charge >= 0.3 is 0 Å². The van der Waals surface area contributed by atoms with Gasteiger partial charge in [-0.3, -0.25) is 9.59 Å². The highest BCUT2D eigenvalue weighted by Gasteiger charge is 2.10. The molecule has 0 fully saturated rings. The number of hydrogen-bond donors (Lipinski definition) is 1. The number of pyridine rings is 1. The first-order chi connectivity index (χ1) is 8.00. The van der Waals surface area contributed by atoms with E-state index in [1.807, 2.05) is 0 Å². The molecule has 0 aliphatic rings. The molecule has 1 rings (SSSR count). The van der Waals surface area contributed by atoms with Crippen LogP contribution in [0.2, 0.25) is 0 Å². The fourth-order valence-electron chi connectivity index (χ4n) is 1.55. The van der Waals surface area contributed by atoms with Crippen LogP contribution < -0.4 is 5.56 Å². The van der Waals surface area contributed by atoms with Gasteiger partial charge in [0.2, 0.25) is 5.91 Å². The van der Waals surface area contributed by atoms with E-state index in [2.05, 4.69) is 0 Å². The number of aliphatic hydroxyl groups is 1. The molecule has 0 saturated carbocycles. The smallest absolute Gasteiger partial charge is 0.250 e. The van der Waals surface area contributed by atoms with Crippen molar-refractivity contribution < 1.29 is 9.90 Å². The molecule has 17 heavy (non-hydrogen) atoms. The summed E-state index contributed by atoms with van der Waals surface area (Å²) in [5.74, 6) is -0.0818. The monoisotopic (exact) mass is 238 g/mol. The van der Waals surface area contributed by atoms with Crippen LogP contribution in [0.3, 0.4) is 0 Å².